The highest BCUT2D eigenvalue weighted by atomic mass is 19.1. The number of nitrogens with two attached hydrogens (primary N) is 1. The van der Waals surface area contributed by atoms with Gasteiger partial charge in [0.2, 0.25) is 23.0 Å². The molecule has 1 atom stereocenters. The Bertz CT molecular complexity index is 1150. The Morgan fingerprint density at radius 3 is 2.79 bits per heavy atom. The van der Waals surface area contributed by atoms with E-state index in [1.807, 2.05) is 0 Å². The zero-order valence-corrected chi connectivity index (χ0v) is 15.1. The summed E-state index contributed by atoms with van der Waals surface area (Å²) in [5, 5.41) is 12.0. The van der Waals surface area contributed by atoms with Crippen molar-refractivity contribution in [1.29, 1.82) is 0 Å². The fourth-order valence-electron chi connectivity index (χ4n) is 3.62. The van der Waals surface area contributed by atoms with Gasteiger partial charge in [-0.3, -0.25) is 9.59 Å². The molecule has 0 radical (unpaired) electrons. The number of carbonyl (C=O) groups excluding carboxylic acids is 2. The van der Waals surface area contributed by atoms with Crippen molar-refractivity contribution in [3.8, 4) is 5.75 Å². The smallest absolute Gasteiger partial charge is 0.341 e. The first kappa shape index (κ1) is 18.7. The molecule has 1 aromatic heterocycles. The second kappa shape index (κ2) is 6.45. The van der Waals surface area contributed by atoms with Gasteiger partial charge in [0, 0.05) is 17.3 Å². The molecule has 1 spiro atoms. The van der Waals surface area contributed by atoms with E-state index in [1.54, 1.807) is 6.92 Å². The Hall–Kier alpha value is -3.66. The fourth-order valence-corrected chi connectivity index (χ4v) is 3.62. The van der Waals surface area contributed by atoms with E-state index >= 15 is 0 Å². The van der Waals surface area contributed by atoms with Crippen LogP contribution < -0.4 is 21.2 Å². The maximum absolute atomic E-state index is 14.1. The van der Waals surface area contributed by atoms with Crippen LogP contribution in [0.1, 0.15) is 24.0 Å². The Morgan fingerprint density at radius 2 is 2.10 bits per heavy atom. The van der Waals surface area contributed by atoms with Crippen molar-refractivity contribution in [2.75, 3.05) is 11.9 Å². The van der Waals surface area contributed by atoms with Crippen LogP contribution in [-0.4, -0.2) is 23.6 Å². The van der Waals surface area contributed by atoms with Gasteiger partial charge in [-0.05, 0) is 25.1 Å². The number of aliphatic hydroxyl groups excluding tert-OH is 1. The lowest BCUT2D eigenvalue weighted by molar-refractivity contribution is -0.141. The second-order valence-corrected chi connectivity index (χ2v) is 6.35. The molecular weight excluding hydrogens is 387 g/mol. The van der Waals surface area contributed by atoms with E-state index in [2.05, 4.69) is 5.32 Å². The van der Waals surface area contributed by atoms with Crippen molar-refractivity contribution in [3.05, 3.63) is 68.8 Å². The monoisotopic (exact) mass is 402 g/mol. The molecule has 29 heavy (non-hydrogen) atoms. The maximum atomic E-state index is 14.1. The van der Waals surface area contributed by atoms with Crippen LogP contribution in [0.25, 0.3) is 0 Å². The highest BCUT2D eigenvalue weighted by molar-refractivity contribution is 6.17. The maximum Gasteiger partial charge on any atom is 0.341 e. The third-order valence-electron chi connectivity index (χ3n) is 4.74. The molecule has 3 heterocycles. The minimum Gasteiger partial charge on any atom is -0.462 e. The molecule has 0 aliphatic carbocycles. The minimum atomic E-state index is -2.13. The fraction of sp³-hybridized carbons (Fsp3) is 0.211. The lowest BCUT2D eigenvalue weighted by atomic mass is 9.71. The highest BCUT2D eigenvalue weighted by Crippen LogP contribution is 2.53. The molecule has 2 aliphatic rings. The van der Waals surface area contributed by atoms with Gasteiger partial charge in [0.15, 0.2) is 11.2 Å². The molecule has 2 aliphatic heterocycles. The van der Waals surface area contributed by atoms with Gasteiger partial charge in [-0.2, -0.15) is 0 Å². The Balaban J connectivity index is 2.16. The van der Waals surface area contributed by atoms with Crippen molar-refractivity contribution in [1.82, 2.24) is 0 Å². The SMILES string of the molecule is CCOC(=O)C1=C(N)Oc2c(oc(CO)cc2=O)C12C(=O)Nc1ccc(F)cc12. The van der Waals surface area contributed by atoms with Gasteiger partial charge in [0.05, 0.1) is 6.61 Å². The van der Waals surface area contributed by atoms with Crippen LogP contribution in [0.2, 0.25) is 0 Å². The summed E-state index contributed by atoms with van der Waals surface area (Å²) in [5.74, 6) is -4.08. The highest BCUT2D eigenvalue weighted by Gasteiger charge is 2.61. The third-order valence-corrected chi connectivity index (χ3v) is 4.74. The topological polar surface area (TPSA) is 141 Å². The number of fused-ring (bicyclic) bond motifs is 4. The van der Waals surface area contributed by atoms with Crippen molar-refractivity contribution in [2.24, 2.45) is 5.73 Å². The first-order valence-corrected chi connectivity index (χ1v) is 8.59. The van der Waals surface area contributed by atoms with Crippen LogP contribution in [-0.2, 0) is 26.3 Å². The molecule has 9 nitrogen and oxygen atoms in total. The van der Waals surface area contributed by atoms with E-state index < -0.39 is 58.1 Å². The van der Waals surface area contributed by atoms with E-state index in [0.717, 1.165) is 18.2 Å². The van der Waals surface area contributed by atoms with Gasteiger partial charge >= 0.3 is 5.97 Å². The summed E-state index contributed by atoms with van der Waals surface area (Å²) in [6.07, 6.45) is 0. The van der Waals surface area contributed by atoms with Crippen LogP contribution >= 0.6 is 0 Å². The average molecular weight is 402 g/mol. The summed E-state index contributed by atoms with van der Waals surface area (Å²) in [4.78, 5) is 38.5. The number of ether oxygens (including phenoxy) is 2. The summed E-state index contributed by atoms with van der Waals surface area (Å²) < 4.78 is 30.1. The van der Waals surface area contributed by atoms with Crippen molar-refractivity contribution < 1.29 is 33.0 Å². The van der Waals surface area contributed by atoms with E-state index in [-0.39, 0.29) is 23.6 Å². The summed E-state index contributed by atoms with van der Waals surface area (Å²) in [6.45, 7) is 0.840. The number of nitrogens with one attached hydrogen (secondary N) is 1. The third kappa shape index (κ3) is 2.46. The molecule has 1 amide bonds. The first-order chi connectivity index (χ1) is 13.8. The summed E-state index contributed by atoms with van der Waals surface area (Å²) in [6, 6.07) is 4.42. The van der Waals surface area contributed by atoms with Crippen molar-refractivity contribution >= 4 is 17.6 Å². The number of anilines is 1. The van der Waals surface area contributed by atoms with Gasteiger partial charge in [-0.15, -0.1) is 0 Å². The van der Waals surface area contributed by atoms with E-state index in [9.17, 15) is 23.9 Å². The molecule has 0 saturated heterocycles. The van der Waals surface area contributed by atoms with Crippen LogP contribution in [0.15, 0.2) is 44.9 Å². The van der Waals surface area contributed by atoms with Crippen LogP contribution in [0.4, 0.5) is 10.1 Å². The summed E-state index contributed by atoms with van der Waals surface area (Å²) in [7, 11) is 0. The Morgan fingerprint density at radius 1 is 1.34 bits per heavy atom. The molecule has 150 valence electrons. The number of halogens is 1. The molecule has 4 N–H and O–H groups in total. The van der Waals surface area contributed by atoms with Crippen LogP contribution in [0.3, 0.4) is 0 Å². The first-order valence-electron chi connectivity index (χ1n) is 8.59. The van der Waals surface area contributed by atoms with Crippen molar-refractivity contribution in [2.45, 2.75) is 18.9 Å². The van der Waals surface area contributed by atoms with E-state index in [1.165, 1.54) is 6.07 Å². The molecule has 2 aromatic rings. The number of amides is 1. The van der Waals surface area contributed by atoms with Crippen molar-refractivity contribution in [3.63, 3.8) is 0 Å². The largest absolute Gasteiger partial charge is 0.462 e. The minimum absolute atomic E-state index is 0.00343. The zero-order valence-electron chi connectivity index (χ0n) is 15.1. The number of benzene rings is 1. The standard InChI is InChI=1S/C19H15FN2O7/c1-2-27-17(25)13-16(21)29-14-12(24)6-9(7-23)28-15(14)19(13)10-5-8(20)3-4-11(10)22-18(19)26/h3-6,23H,2,7,21H2,1H3,(H,22,26). The number of hydrogen-bond acceptors (Lipinski definition) is 8. The van der Waals surface area contributed by atoms with Gasteiger partial charge in [0.25, 0.3) is 0 Å². The number of rotatable bonds is 3. The Kier molecular flexibility index (Phi) is 4.16. The number of carbonyl (C=O) groups is 2. The van der Waals surface area contributed by atoms with E-state index in [0.29, 0.717) is 0 Å². The van der Waals surface area contributed by atoms with Crippen LogP contribution in [0.5, 0.6) is 5.75 Å². The molecule has 10 heteroatoms. The molecule has 4 rings (SSSR count). The predicted molar refractivity (Wildman–Crippen MR) is 95.2 cm³/mol. The number of esters is 1. The normalized spacial score (nSPS) is 19.5. The molecular formula is C19H15FN2O7. The Labute approximate surface area is 162 Å². The molecule has 0 bridgehead atoms. The lowest BCUT2D eigenvalue weighted by Gasteiger charge is -2.33. The number of hydrogen-bond donors (Lipinski definition) is 3. The van der Waals surface area contributed by atoms with Crippen LogP contribution in [0, 0.1) is 5.82 Å². The zero-order chi connectivity index (χ0) is 20.9. The quantitative estimate of drug-likeness (QED) is 0.635. The molecule has 0 fully saturated rings. The molecule has 0 saturated carbocycles. The molecule has 1 unspecified atom stereocenters. The predicted octanol–water partition coefficient (Wildman–Crippen LogP) is 0.635. The van der Waals surface area contributed by atoms with Gasteiger partial charge in [-0.25, -0.2) is 9.18 Å². The van der Waals surface area contributed by atoms with Gasteiger partial charge in [0.1, 0.15) is 23.8 Å². The number of aliphatic hydroxyl groups is 1. The molecule has 1 aromatic carbocycles. The van der Waals surface area contributed by atoms with Gasteiger partial charge in [-0.1, -0.05) is 0 Å². The summed E-state index contributed by atoms with van der Waals surface area (Å²) >= 11 is 0. The van der Waals surface area contributed by atoms with E-state index in [4.69, 9.17) is 19.6 Å². The summed E-state index contributed by atoms with van der Waals surface area (Å²) in [5.41, 5.74) is 2.79. The average Bonchev–Trinajstić information content (AvgIpc) is 2.95. The van der Waals surface area contributed by atoms with Gasteiger partial charge < -0.3 is 30.0 Å². The lowest BCUT2D eigenvalue weighted by Crippen LogP contribution is -2.47. The second-order valence-electron chi connectivity index (χ2n) is 6.35.